The lowest BCUT2D eigenvalue weighted by Gasteiger charge is -2.40. The Morgan fingerprint density at radius 1 is 1.33 bits per heavy atom. The van der Waals surface area contributed by atoms with E-state index < -0.39 is 6.43 Å². The van der Waals surface area contributed by atoms with E-state index in [0.29, 0.717) is 18.0 Å². The number of likely N-dealkylation sites (tertiary alicyclic amines) is 1. The van der Waals surface area contributed by atoms with Crippen molar-refractivity contribution >= 4 is 16.9 Å². The number of hydrogen-bond acceptors (Lipinski definition) is 3. The van der Waals surface area contributed by atoms with Crippen LogP contribution in [-0.2, 0) is 4.74 Å². The van der Waals surface area contributed by atoms with Gasteiger partial charge in [-0.2, -0.15) is 0 Å². The zero-order chi connectivity index (χ0) is 19.7. The molecule has 0 aliphatic carbocycles. The van der Waals surface area contributed by atoms with Gasteiger partial charge in [0, 0.05) is 28.7 Å². The predicted octanol–water partition coefficient (Wildman–Crippen LogP) is 4.66. The number of methoxy groups -OCH3 is 1. The van der Waals surface area contributed by atoms with Crippen molar-refractivity contribution in [1.82, 2.24) is 9.47 Å². The number of alkyl halides is 2. The fraction of sp³-hybridized carbons (Fsp3) is 0.571. The van der Waals surface area contributed by atoms with Crippen molar-refractivity contribution in [2.24, 2.45) is 5.92 Å². The summed E-state index contributed by atoms with van der Waals surface area (Å²) in [5.74, 6) is 0.0451. The van der Waals surface area contributed by atoms with Crippen LogP contribution in [0.4, 0.5) is 8.78 Å². The Labute approximate surface area is 159 Å². The van der Waals surface area contributed by atoms with Crippen LogP contribution in [0.5, 0.6) is 0 Å². The second kappa shape index (κ2) is 7.97. The molecule has 0 N–H and O–H groups in total. The van der Waals surface area contributed by atoms with E-state index in [-0.39, 0.29) is 24.6 Å². The van der Waals surface area contributed by atoms with Gasteiger partial charge >= 0.3 is 5.97 Å². The van der Waals surface area contributed by atoms with Gasteiger partial charge in [0.15, 0.2) is 0 Å². The van der Waals surface area contributed by atoms with Gasteiger partial charge in [0.2, 0.25) is 0 Å². The van der Waals surface area contributed by atoms with E-state index in [1.165, 1.54) is 7.11 Å². The van der Waals surface area contributed by atoms with Crippen LogP contribution in [-0.4, -0.2) is 48.1 Å². The highest BCUT2D eigenvalue weighted by atomic mass is 19.3. The molecule has 0 saturated carbocycles. The molecule has 3 unspecified atom stereocenters. The first kappa shape index (κ1) is 19.8. The lowest BCUT2D eigenvalue weighted by molar-refractivity contribution is 0.0341. The molecule has 6 heteroatoms. The van der Waals surface area contributed by atoms with E-state index in [4.69, 9.17) is 4.74 Å². The highest BCUT2D eigenvalue weighted by Crippen LogP contribution is 2.37. The van der Waals surface area contributed by atoms with Gasteiger partial charge in [-0.05, 0) is 52.1 Å². The van der Waals surface area contributed by atoms with Crippen molar-refractivity contribution < 1.29 is 18.3 Å². The van der Waals surface area contributed by atoms with Crippen LogP contribution in [0.1, 0.15) is 48.8 Å². The van der Waals surface area contributed by atoms with Crippen molar-refractivity contribution in [3.05, 3.63) is 35.5 Å². The van der Waals surface area contributed by atoms with Gasteiger partial charge in [-0.3, -0.25) is 4.90 Å². The lowest BCUT2D eigenvalue weighted by Crippen LogP contribution is -2.44. The number of esters is 1. The molecule has 1 fully saturated rings. The number of fused-ring (bicyclic) bond motifs is 1. The first-order chi connectivity index (χ1) is 12.8. The molecule has 4 nitrogen and oxygen atoms in total. The SMILES string of the molecule is COC(=O)c1c(C)n(C(C)C2CCN(CC(F)F)C(C)C2)c2ccccc12. The number of carbonyl (C=O) groups excluding carboxylic acids is 1. The molecule has 2 heterocycles. The first-order valence-corrected chi connectivity index (χ1v) is 9.55. The van der Waals surface area contributed by atoms with Crippen LogP contribution in [0.15, 0.2) is 24.3 Å². The van der Waals surface area contributed by atoms with Crippen LogP contribution in [0, 0.1) is 12.8 Å². The fourth-order valence-electron chi connectivity index (χ4n) is 4.63. The van der Waals surface area contributed by atoms with Crippen LogP contribution in [0.2, 0.25) is 0 Å². The summed E-state index contributed by atoms with van der Waals surface area (Å²) in [6.07, 6.45) is -0.551. The number of rotatable bonds is 5. The highest BCUT2D eigenvalue weighted by Gasteiger charge is 2.32. The average Bonchev–Trinajstić information content (AvgIpc) is 2.93. The summed E-state index contributed by atoms with van der Waals surface area (Å²) in [7, 11) is 1.40. The summed E-state index contributed by atoms with van der Waals surface area (Å²) in [6.45, 7) is 6.68. The molecule has 0 bridgehead atoms. The largest absolute Gasteiger partial charge is 0.465 e. The standard InChI is InChI=1S/C21H28F2N2O2/c1-13-11-16(9-10-24(13)12-19(22)23)14(2)25-15(3)20(21(26)27-4)17-7-5-6-8-18(17)25/h5-8,13-14,16,19H,9-12H2,1-4H3. The smallest absolute Gasteiger partial charge is 0.340 e. The number of halogens is 2. The Hall–Kier alpha value is -1.95. The number of carbonyl (C=O) groups is 1. The maximum absolute atomic E-state index is 12.8. The summed E-state index contributed by atoms with van der Waals surface area (Å²) < 4.78 is 32.8. The second-order valence-electron chi connectivity index (χ2n) is 7.60. The highest BCUT2D eigenvalue weighted by molar-refractivity contribution is 6.05. The number of para-hydroxylation sites is 1. The number of aromatic nitrogens is 1. The van der Waals surface area contributed by atoms with E-state index in [9.17, 15) is 13.6 Å². The third-order valence-corrected chi connectivity index (χ3v) is 6.06. The molecule has 1 aliphatic heterocycles. The molecule has 0 spiro atoms. The Balaban J connectivity index is 1.92. The maximum Gasteiger partial charge on any atom is 0.340 e. The summed E-state index contributed by atoms with van der Waals surface area (Å²) in [5.41, 5.74) is 2.53. The van der Waals surface area contributed by atoms with E-state index in [1.54, 1.807) is 0 Å². The van der Waals surface area contributed by atoms with Crippen molar-refractivity contribution in [2.75, 3.05) is 20.2 Å². The Kier molecular flexibility index (Phi) is 5.84. The fourth-order valence-corrected chi connectivity index (χ4v) is 4.63. The number of piperidine rings is 1. The molecular formula is C21H28F2N2O2. The molecule has 1 aromatic heterocycles. The molecule has 0 radical (unpaired) electrons. The lowest BCUT2D eigenvalue weighted by atomic mass is 9.86. The van der Waals surface area contributed by atoms with Gasteiger partial charge in [0.05, 0.1) is 19.2 Å². The molecule has 27 heavy (non-hydrogen) atoms. The van der Waals surface area contributed by atoms with Gasteiger partial charge in [-0.1, -0.05) is 18.2 Å². The minimum absolute atomic E-state index is 0.127. The van der Waals surface area contributed by atoms with Crippen LogP contribution in [0.3, 0.4) is 0 Å². The number of nitrogens with zero attached hydrogens (tertiary/aromatic N) is 2. The molecule has 2 aromatic rings. The van der Waals surface area contributed by atoms with Gasteiger partial charge in [-0.15, -0.1) is 0 Å². The van der Waals surface area contributed by atoms with Crippen molar-refractivity contribution in [3.8, 4) is 0 Å². The zero-order valence-corrected chi connectivity index (χ0v) is 16.4. The normalized spacial score (nSPS) is 22.3. The Morgan fingerprint density at radius 2 is 2.04 bits per heavy atom. The van der Waals surface area contributed by atoms with Crippen LogP contribution >= 0.6 is 0 Å². The van der Waals surface area contributed by atoms with Crippen LogP contribution < -0.4 is 0 Å². The van der Waals surface area contributed by atoms with Gasteiger partial charge in [-0.25, -0.2) is 13.6 Å². The topological polar surface area (TPSA) is 34.5 Å². The molecule has 1 aromatic carbocycles. The Morgan fingerprint density at radius 3 is 2.67 bits per heavy atom. The predicted molar refractivity (Wildman–Crippen MR) is 102 cm³/mol. The summed E-state index contributed by atoms with van der Waals surface area (Å²) in [5, 5.41) is 0.900. The monoisotopic (exact) mass is 378 g/mol. The maximum atomic E-state index is 12.8. The second-order valence-corrected chi connectivity index (χ2v) is 7.60. The van der Waals surface area contributed by atoms with E-state index in [0.717, 1.165) is 29.4 Å². The minimum Gasteiger partial charge on any atom is -0.465 e. The molecule has 0 amide bonds. The molecular weight excluding hydrogens is 350 g/mol. The third kappa shape index (κ3) is 3.72. The minimum atomic E-state index is -2.29. The quantitative estimate of drug-likeness (QED) is 0.710. The van der Waals surface area contributed by atoms with Crippen molar-refractivity contribution in [3.63, 3.8) is 0 Å². The Bertz CT molecular complexity index is 818. The van der Waals surface area contributed by atoms with Crippen molar-refractivity contribution in [2.45, 2.75) is 52.1 Å². The summed E-state index contributed by atoms with van der Waals surface area (Å²) >= 11 is 0. The average molecular weight is 378 g/mol. The molecule has 148 valence electrons. The molecule has 3 rings (SSSR count). The number of ether oxygens (including phenoxy) is 1. The summed E-state index contributed by atoms with van der Waals surface area (Å²) in [4.78, 5) is 14.2. The van der Waals surface area contributed by atoms with E-state index in [1.807, 2.05) is 43.0 Å². The molecule has 1 saturated heterocycles. The number of benzene rings is 1. The van der Waals surface area contributed by atoms with Crippen LogP contribution in [0.25, 0.3) is 10.9 Å². The van der Waals surface area contributed by atoms with Gasteiger partial charge in [0.1, 0.15) is 0 Å². The van der Waals surface area contributed by atoms with E-state index >= 15 is 0 Å². The van der Waals surface area contributed by atoms with Gasteiger partial charge in [0.25, 0.3) is 6.43 Å². The molecule has 3 atom stereocenters. The van der Waals surface area contributed by atoms with E-state index in [2.05, 4.69) is 11.5 Å². The van der Waals surface area contributed by atoms with Gasteiger partial charge < -0.3 is 9.30 Å². The molecule has 1 aliphatic rings. The first-order valence-electron chi connectivity index (χ1n) is 9.55. The zero-order valence-electron chi connectivity index (χ0n) is 16.4. The summed E-state index contributed by atoms with van der Waals surface area (Å²) in [6, 6.07) is 8.17. The third-order valence-electron chi connectivity index (χ3n) is 6.06. The van der Waals surface area contributed by atoms with Crippen molar-refractivity contribution in [1.29, 1.82) is 0 Å². The number of hydrogen-bond donors (Lipinski definition) is 0.